The topological polar surface area (TPSA) is 82.5 Å². The van der Waals surface area contributed by atoms with Gasteiger partial charge in [0, 0.05) is 11.6 Å². The number of ether oxygens (including phenoxy) is 2. The summed E-state index contributed by atoms with van der Waals surface area (Å²) < 4.78 is 11.9. The molecule has 2 atom stereocenters. The highest BCUT2D eigenvalue weighted by Gasteiger charge is 2.21. The van der Waals surface area contributed by atoms with Crippen LogP contribution >= 0.6 is 0 Å². The second kappa shape index (κ2) is 7.79. The standard InChI is InChI=1S/C22H21N3O4/c1-14(16-6-4-3-5-7-16)23-22(27)15(2)25-21(26)11-9-18(24-25)17-8-10-19-20(12-17)29-13-28-19/h3-12,14-15H,13H2,1-2H3,(H,23,27). The van der Waals surface area contributed by atoms with Gasteiger partial charge >= 0.3 is 0 Å². The van der Waals surface area contributed by atoms with E-state index in [0.29, 0.717) is 17.2 Å². The Hall–Kier alpha value is -3.61. The van der Waals surface area contributed by atoms with E-state index in [1.807, 2.05) is 49.4 Å². The number of rotatable bonds is 5. The molecule has 0 fully saturated rings. The van der Waals surface area contributed by atoms with Crippen LogP contribution in [0.5, 0.6) is 11.5 Å². The predicted octanol–water partition coefficient (Wildman–Crippen LogP) is 3.08. The van der Waals surface area contributed by atoms with Crippen LogP contribution < -0.4 is 20.3 Å². The van der Waals surface area contributed by atoms with Gasteiger partial charge in [0.1, 0.15) is 6.04 Å². The summed E-state index contributed by atoms with van der Waals surface area (Å²) >= 11 is 0. The van der Waals surface area contributed by atoms with Crippen LogP contribution in [-0.4, -0.2) is 22.5 Å². The number of fused-ring (bicyclic) bond motifs is 1. The summed E-state index contributed by atoms with van der Waals surface area (Å²) in [6, 6.07) is 17.2. The highest BCUT2D eigenvalue weighted by molar-refractivity contribution is 5.80. The van der Waals surface area contributed by atoms with E-state index in [4.69, 9.17) is 9.47 Å². The average molecular weight is 391 g/mol. The molecule has 1 aliphatic heterocycles. The molecule has 3 aromatic rings. The maximum absolute atomic E-state index is 12.7. The Kier molecular flexibility index (Phi) is 5.03. The molecule has 0 saturated carbocycles. The minimum Gasteiger partial charge on any atom is -0.454 e. The quantitative estimate of drug-likeness (QED) is 0.723. The molecular formula is C22H21N3O4. The first kappa shape index (κ1) is 18.7. The van der Waals surface area contributed by atoms with Crippen LogP contribution in [-0.2, 0) is 4.79 Å². The van der Waals surface area contributed by atoms with E-state index in [-0.39, 0.29) is 24.3 Å². The summed E-state index contributed by atoms with van der Waals surface area (Å²) in [5.41, 5.74) is 1.99. The summed E-state index contributed by atoms with van der Waals surface area (Å²) in [7, 11) is 0. The zero-order valence-corrected chi connectivity index (χ0v) is 16.2. The zero-order chi connectivity index (χ0) is 20.4. The molecule has 2 unspecified atom stereocenters. The van der Waals surface area contributed by atoms with Gasteiger partial charge in [-0.15, -0.1) is 0 Å². The van der Waals surface area contributed by atoms with Gasteiger partial charge in [0.2, 0.25) is 12.7 Å². The first-order valence-electron chi connectivity index (χ1n) is 9.38. The Morgan fingerprint density at radius 1 is 1.03 bits per heavy atom. The number of hydrogen-bond donors (Lipinski definition) is 1. The third-order valence-electron chi connectivity index (χ3n) is 4.90. The fourth-order valence-corrected chi connectivity index (χ4v) is 3.18. The number of benzene rings is 2. The second-order valence-electron chi connectivity index (χ2n) is 6.89. The third-order valence-corrected chi connectivity index (χ3v) is 4.90. The Balaban J connectivity index is 1.57. The molecule has 1 aliphatic rings. The number of carbonyl (C=O) groups excluding carboxylic acids is 1. The molecule has 1 N–H and O–H groups in total. The van der Waals surface area contributed by atoms with E-state index in [1.54, 1.807) is 19.1 Å². The number of carbonyl (C=O) groups is 1. The van der Waals surface area contributed by atoms with E-state index in [0.717, 1.165) is 11.1 Å². The highest BCUT2D eigenvalue weighted by atomic mass is 16.7. The molecule has 1 amide bonds. The van der Waals surface area contributed by atoms with E-state index >= 15 is 0 Å². The molecule has 1 aromatic heterocycles. The van der Waals surface area contributed by atoms with Gasteiger partial charge in [0.25, 0.3) is 5.56 Å². The number of aromatic nitrogens is 2. The van der Waals surface area contributed by atoms with Gasteiger partial charge in [-0.25, -0.2) is 4.68 Å². The molecular weight excluding hydrogens is 370 g/mol. The Morgan fingerprint density at radius 2 is 1.79 bits per heavy atom. The van der Waals surface area contributed by atoms with Crippen molar-refractivity contribution in [3.05, 3.63) is 76.6 Å². The van der Waals surface area contributed by atoms with Gasteiger partial charge in [-0.3, -0.25) is 9.59 Å². The van der Waals surface area contributed by atoms with Crippen LogP contribution in [0, 0.1) is 0 Å². The van der Waals surface area contributed by atoms with Crippen LogP contribution in [0.15, 0.2) is 65.5 Å². The van der Waals surface area contributed by atoms with Gasteiger partial charge < -0.3 is 14.8 Å². The minimum atomic E-state index is -0.761. The van der Waals surface area contributed by atoms with Crippen molar-refractivity contribution in [2.24, 2.45) is 0 Å². The molecule has 7 nitrogen and oxygen atoms in total. The van der Waals surface area contributed by atoms with E-state index in [9.17, 15) is 9.59 Å². The van der Waals surface area contributed by atoms with Crippen LogP contribution in [0.2, 0.25) is 0 Å². The number of nitrogens with one attached hydrogen (secondary N) is 1. The molecule has 4 rings (SSSR count). The minimum absolute atomic E-state index is 0.182. The van der Waals surface area contributed by atoms with Crippen LogP contribution in [0.25, 0.3) is 11.3 Å². The second-order valence-corrected chi connectivity index (χ2v) is 6.89. The van der Waals surface area contributed by atoms with Crippen molar-refractivity contribution in [1.82, 2.24) is 15.1 Å². The Bertz CT molecular complexity index is 1090. The van der Waals surface area contributed by atoms with Crippen LogP contribution in [0.3, 0.4) is 0 Å². The first-order valence-corrected chi connectivity index (χ1v) is 9.38. The Labute approximate surface area is 167 Å². The highest BCUT2D eigenvalue weighted by Crippen LogP contribution is 2.35. The number of nitrogens with zero attached hydrogens (tertiary/aromatic N) is 2. The van der Waals surface area contributed by atoms with Gasteiger partial charge in [-0.05, 0) is 43.7 Å². The Morgan fingerprint density at radius 3 is 2.59 bits per heavy atom. The fraction of sp³-hybridized carbons (Fsp3) is 0.227. The van der Waals surface area contributed by atoms with Crippen LogP contribution in [0.1, 0.15) is 31.5 Å². The van der Waals surface area contributed by atoms with Gasteiger partial charge in [-0.1, -0.05) is 30.3 Å². The van der Waals surface area contributed by atoms with Crippen molar-refractivity contribution in [3.8, 4) is 22.8 Å². The SMILES string of the molecule is CC(NC(=O)C(C)n1nc(-c2ccc3c(c2)OCO3)ccc1=O)c1ccccc1. The lowest BCUT2D eigenvalue weighted by Gasteiger charge is -2.19. The maximum atomic E-state index is 12.7. The fourth-order valence-electron chi connectivity index (χ4n) is 3.18. The van der Waals surface area contributed by atoms with Gasteiger partial charge in [0.05, 0.1) is 11.7 Å². The molecule has 0 aliphatic carbocycles. The molecule has 0 bridgehead atoms. The van der Waals surface area contributed by atoms with E-state index < -0.39 is 6.04 Å². The smallest absolute Gasteiger partial charge is 0.267 e. The average Bonchev–Trinajstić information content (AvgIpc) is 3.22. The lowest BCUT2D eigenvalue weighted by molar-refractivity contribution is -0.124. The molecule has 2 heterocycles. The maximum Gasteiger partial charge on any atom is 0.267 e. The lowest BCUT2D eigenvalue weighted by Crippen LogP contribution is -2.38. The molecule has 29 heavy (non-hydrogen) atoms. The summed E-state index contributed by atoms with van der Waals surface area (Å²) in [5.74, 6) is 1.02. The predicted molar refractivity (Wildman–Crippen MR) is 108 cm³/mol. The van der Waals surface area contributed by atoms with Crippen molar-refractivity contribution in [1.29, 1.82) is 0 Å². The molecule has 7 heteroatoms. The van der Waals surface area contributed by atoms with Crippen LogP contribution in [0.4, 0.5) is 0 Å². The number of hydrogen-bond acceptors (Lipinski definition) is 5. The van der Waals surface area contributed by atoms with Crippen molar-refractivity contribution in [3.63, 3.8) is 0 Å². The zero-order valence-electron chi connectivity index (χ0n) is 16.2. The van der Waals surface area contributed by atoms with E-state index in [2.05, 4.69) is 10.4 Å². The molecule has 2 aromatic carbocycles. The summed E-state index contributed by atoms with van der Waals surface area (Å²) in [6.45, 7) is 3.74. The summed E-state index contributed by atoms with van der Waals surface area (Å²) in [4.78, 5) is 25.1. The third kappa shape index (κ3) is 3.85. The van der Waals surface area contributed by atoms with Crippen molar-refractivity contribution >= 4 is 5.91 Å². The molecule has 0 radical (unpaired) electrons. The normalized spacial score (nSPS) is 14.3. The first-order chi connectivity index (χ1) is 14.0. The van der Waals surface area contributed by atoms with E-state index in [1.165, 1.54) is 10.7 Å². The molecule has 0 spiro atoms. The van der Waals surface area contributed by atoms with Crippen molar-refractivity contribution in [2.45, 2.75) is 25.9 Å². The van der Waals surface area contributed by atoms with Crippen molar-refractivity contribution < 1.29 is 14.3 Å². The van der Waals surface area contributed by atoms with Gasteiger partial charge in [0.15, 0.2) is 11.5 Å². The monoisotopic (exact) mass is 391 g/mol. The van der Waals surface area contributed by atoms with Gasteiger partial charge in [-0.2, -0.15) is 5.10 Å². The largest absolute Gasteiger partial charge is 0.454 e. The number of amides is 1. The summed E-state index contributed by atoms with van der Waals surface area (Å²) in [5, 5.41) is 7.36. The van der Waals surface area contributed by atoms with Crippen molar-refractivity contribution in [2.75, 3.05) is 6.79 Å². The molecule has 0 saturated heterocycles. The lowest BCUT2D eigenvalue weighted by atomic mass is 10.1. The molecule has 148 valence electrons. The summed E-state index contributed by atoms with van der Waals surface area (Å²) in [6.07, 6.45) is 0.